The quantitative estimate of drug-likeness (QED) is 0.378. The zero-order chi connectivity index (χ0) is 15.8. The maximum absolute atomic E-state index is 13.2. The fourth-order valence-electron chi connectivity index (χ4n) is 2.78. The summed E-state index contributed by atoms with van der Waals surface area (Å²) in [6, 6.07) is 6.45. The normalized spacial score (nSPS) is 17.3. The maximum atomic E-state index is 13.2. The van der Waals surface area contributed by atoms with Crippen molar-refractivity contribution in [2.24, 2.45) is 4.99 Å². The van der Waals surface area contributed by atoms with Crippen LogP contribution in [0.25, 0.3) is 0 Å². The highest BCUT2D eigenvalue weighted by atomic mass is 127. The fourth-order valence-corrected chi connectivity index (χ4v) is 2.78. The van der Waals surface area contributed by atoms with Crippen LogP contribution in [0.2, 0.25) is 0 Å². The van der Waals surface area contributed by atoms with Crippen molar-refractivity contribution in [2.75, 3.05) is 13.1 Å². The molecule has 0 saturated heterocycles. The van der Waals surface area contributed by atoms with Crippen LogP contribution < -0.4 is 10.6 Å². The van der Waals surface area contributed by atoms with E-state index in [-0.39, 0.29) is 29.8 Å². The maximum Gasteiger partial charge on any atom is 0.191 e. The molecule has 0 amide bonds. The van der Waals surface area contributed by atoms with Crippen LogP contribution in [0.15, 0.2) is 29.3 Å². The first kappa shape index (κ1) is 20.2. The molecule has 0 bridgehead atoms. The molecule has 0 aromatic heterocycles. The molecule has 130 valence electrons. The second kappa shape index (κ2) is 10.1. The Morgan fingerprint density at radius 1 is 1.26 bits per heavy atom. The van der Waals surface area contributed by atoms with Crippen LogP contribution in [0.1, 0.15) is 44.6 Å². The van der Waals surface area contributed by atoms with Crippen LogP contribution in [0.5, 0.6) is 0 Å². The first-order valence-electron chi connectivity index (χ1n) is 8.10. The number of hydrogen-bond acceptors (Lipinski definition) is 2. The first-order valence-corrected chi connectivity index (χ1v) is 8.10. The van der Waals surface area contributed by atoms with Crippen LogP contribution >= 0.6 is 24.0 Å². The van der Waals surface area contributed by atoms with Gasteiger partial charge in [-0.25, -0.2) is 9.38 Å². The molecule has 2 rings (SSSR count). The molecule has 0 spiro atoms. The molecule has 1 fully saturated rings. The van der Waals surface area contributed by atoms with E-state index in [2.05, 4.69) is 15.6 Å². The van der Waals surface area contributed by atoms with Crippen molar-refractivity contribution in [1.29, 1.82) is 0 Å². The monoisotopic (exact) mass is 435 g/mol. The zero-order valence-electron chi connectivity index (χ0n) is 13.6. The van der Waals surface area contributed by atoms with E-state index in [1.807, 2.05) is 13.0 Å². The Kier molecular flexibility index (Phi) is 8.83. The number of aliphatic hydroxyl groups is 1. The van der Waals surface area contributed by atoms with Gasteiger partial charge >= 0.3 is 0 Å². The number of nitrogens with one attached hydrogen (secondary N) is 2. The van der Waals surface area contributed by atoms with E-state index in [1.54, 1.807) is 6.07 Å². The summed E-state index contributed by atoms with van der Waals surface area (Å²) in [5, 5.41) is 16.9. The average molecular weight is 435 g/mol. The fraction of sp³-hybridized carbons (Fsp3) is 0.588. The van der Waals surface area contributed by atoms with E-state index < -0.39 is 5.60 Å². The van der Waals surface area contributed by atoms with E-state index >= 15 is 0 Å². The predicted molar refractivity (Wildman–Crippen MR) is 103 cm³/mol. The summed E-state index contributed by atoms with van der Waals surface area (Å²) < 4.78 is 13.2. The van der Waals surface area contributed by atoms with E-state index in [1.165, 1.54) is 18.6 Å². The highest BCUT2D eigenvalue weighted by molar-refractivity contribution is 14.0. The third-order valence-corrected chi connectivity index (χ3v) is 4.02. The molecule has 3 N–H and O–H groups in total. The van der Waals surface area contributed by atoms with Gasteiger partial charge in [-0.15, -0.1) is 24.0 Å². The lowest BCUT2D eigenvalue weighted by molar-refractivity contribution is 0.00859. The summed E-state index contributed by atoms with van der Waals surface area (Å²) in [5.74, 6) is 0.410. The number of halogens is 2. The Morgan fingerprint density at radius 2 is 2.00 bits per heavy atom. The number of nitrogens with zero attached hydrogens (tertiary/aromatic N) is 1. The van der Waals surface area contributed by atoms with Crippen molar-refractivity contribution in [2.45, 2.75) is 51.2 Å². The van der Waals surface area contributed by atoms with Crippen LogP contribution in [-0.4, -0.2) is 29.8 Å². The SMILES string of the molecule is CCNC(=NCc1cccc(F)c1)NCC1(O)CCCCC1.I. The summed E-state index contributed by atoms with van der Waals surface area (Å²) >= 11 is 0. The minimum Gasteiger partial charge on any atom is -0.388 e. The van der Waals surface area contributed by atoms with Gasteiger partial charge in [-0.2, -0.15) is 0 Å². The van der Waals surface area contributed by atoms with Crippen molar-refractivity contribution >= 4 is 29.9 Å². The Morgan fingerprint density at radius 3 is 2.65 bits per heavy atom. The second-order valence-corrected chi connectivity index (χ2v) is 5.96. The number of hydrogen-bond donors (Lipinski definition) is 3. The Hall–Kier alpha value is -0.890. The van der Waals surface area contributed by atoms with Gasteiger partial charge in [-0.05, 0) is 37.5 Å². The van der Waals surface area contributed by atoms with Gasteiger partial charge in [-0.3, -0.25) is 0 Å². The highest BCUT2D eigenvalue weighted by Crippen LogP contribution is 2.27. The largest absolute Gasteiger partial charge is 0.388 e. The molecule has 0 aliphatic heterocycles. The molecule has 1 aliphatic rings. The molecule has 0 radical (unpaired) electrons. The molecule has 1 aliphatic carbocycles. The van der Waals surface area contributed by atoms with Gasteiger partial charge in [0.15, 0.2) is 5.96 Å². The van der Waals surface area contributed by atoms with Crippen molar-refractivity contribution in [3.8, 4) is 0 Å². The Balaban J connectivity index is 0.00000264. The van der Waals surface area contributed by atoms with Gasteiger partial charge < -0.3 is 15.7 Å². The Bertz CT molecular complexity index is 504. The lowest BCUT2D eigenvalue weighted by Gasteiger charge is -2.32. The summed E-state index contributed by atoms with van der Waals surface area (Å²) in [4.78, 5) is 4.46. The van der Waals surface area contributed by atoms with Crippen LogP contribution in [0, 0.1) is 5.82 Å². The lowest BCUT2D eigenvalue weighted by atomic mass is 9.85. The summed E-state index contributed by atoms with van der Waals surface area (Å²) in [6.45, 7) is 3.65. The van der Waals surface area contributed by atoms with Crippen LogP contribution in [0.4, 0.5) is 4.39 Å². The molecule has 1 saturated carbocycles. The Labute approximate surface area is 155 Å². The molecule has 6 heteroatoms. The van der Waals surface area contributed by atoms with Gasteiger partial charge in [0.1, 0.15) is 5.82 Å². The molecular formula is C17H27FIN3O. The molecule has 4 nitrogen and oxygen atoms in total. The van der Waals surface area contributed by atoms with E-state index in [0.717, 1.165) is 37.8 Å². The van der Waals surface area contributed by atoms with Gasteiger partial charge in [0.05, 0.1) is 12.1 Å². The van der Waals surface area contributed by atoms with E-state index in [4.69, 9.17) is 0 Å². The third-order valence-electron chi connectivity index (χ3n) is 4.02. The third kappa shape index (κ3) is 7.03. The van der Waals surface area contributed by atoms with Crippen molar-refractivity contribution < 1.29 is 9.50 Å². The molecule has 0 heterocycles. The molecule has 1 aromatic carbocycles. The lowest BCUT2D eigenvalue weighted by Crippen LogP contribution is -2.48. The summed E-state index contributed by atoms with van der Waals surface area (Å²) in [5.41, 5.74) is 0.196. The molecule has 0 unspecified atom stereocenters. The summed E-state index contributed by atoms with van der Waals surface area (Å²) in [7, 11) is 0. The molecule has 23 heavy (non-hydrogen) atoms. The number of guanidine groups is 1. The number of benzene rings is 1. The van der Waals surface area contributed by atoms with Crippen molar-refractivity contribution in [3.05, 3.63) is 35.6 Å². The van der Waals surface area contributed by atoms with Crippen molar-refractivity contribution in [1.82, 2.24) is 10.6 Å². The standard InChI is InChI=1S/C17H26FN3O.HI/c1-2-19-16(20-12-14-7-6-8-15(18)11-14)21-13-17(22)9-4-3-5-10-17;/h6-8,11,22H,2-5,9-10,12-13H2,1H3,(H2,19,20,21);1H. The van der Waals surface area contributed by atoms with Crippen LogP contribution in [-0.2, 0) is 6.54 Å². The molecule has 0 atom stereocenters. The predicted octanol–water partition coefficient (Wildman–Crippen LogP) is 3.19. The zero-order valence-corrected chi connectivity index (χ0v) is 16.0. The summed E-state index contributed by atoms with van der Waals surface area (Å²) in [6.07, 6.45) is 5.03. The van der Waals surface area contributed by atoms with Gasteiger partial charge in [0.2, 0.25) is 0 Å². The van der Waals surface area contributed by atoms with Crippen molar-refractivity contribution in [3.63, 3.8) is 0 Å². The van der Waals surface area contributed by atoms with Crippen LogP contribution in [0.3, 0.4) is 0 Å². The minimum atomic E-state index is -0.632. The highest BCUT2D eigenvalue weighted by Gasteiger charge is 2.29. The number of rotatable bonds is 5. The average Bonchev–Trinajstić information content (AvgIpc) is 2.51. The first-order chi connectivity index (χ1) is 10.6. The minimum absolute atomic E-state index is 0. The number of aliphatic imine (C=N–C) groups is 1. The molecular weight excluding hydrogens is 408 g/mol. The molecule has 1 aromatic rings. The van der Waals surface area contributed by atoms with Gasteiger partial charge in [0.25, 0.3) is 0 Å². The van der Waals surface area contributed by atoms with E-state index in [9.17, 15) is 9.50 Å². The smallest absolute Gasteiger partial charge is 0.191 e. The second-order valence-electron chi connectivity index (χ2n) is 5.96. The van der Waals surface area contributed by atoms with Gasteiger partial charge in [-0.1, -0.05) is 31.4 Å². The topological polar surface area (TPSA) is 56.7 Å². The van der Waals surface area contributed by atoms with E-state index in [0.29, 0.717) is 19.0 Å². The van der Waals surface area contributed by atoms with Gasteiger partial charge in [0, 0.05) is 13.1 Å².